The summed E-state index contributed by atoms with van der Waals surface area (Å²) in [6.07, 6.45) is 6.47. The van der Waals surface area contributed by atoms with Gasteiger partial charge in [-0.1, -0.05) is 60.8 Å². The Kier molecular flexibility index (Phi) is 8.79. The van der Waals surface area contributed by atoms with Gasteiger partial charge in [0.05, 0.1) is 23.5 Å². The van der Waals surface area contributed by atoms with Crippen LogP contribution >= 0.6 is 15.9 Å². The van der Waals surface area contributed by atoms with Crippen molar-refractivity contribution < 1.29 is 4.79 Å². The summed E-state index contributed by atoms with van der Waals surface area (Å²) >= 11 is 3.62. The summed E-state index contributed by atoms with van der Waals surface area (Å²) in [6, 6.07) is 16.7. The largest absolute Gasteiger partial charge is 0.342 e. The molecule has 1 aliphatic rings. The van der Waals surface area contributed by atoms with Crippen LogP contribution in [0.5, 0.6) is 0 Å². The minimum Gasteiger partial charge on any atom is -0.342 e. The molecule has 0 aliphatic carbocycles. The summed E-state index contributed by atoms with van der Waals surface area (Å²) in [5.74, 6) is 1.47. The van der Waals surface area contributed by atoms with Crippen molar-refractivity contribution in [2.75, 3.05) is 26.2 Å². The number of carbonyl (C=O) groups is 1. The Hall–Kier alpha value is -2.18. The maximum atomic E-state index is 13.4. The zero-order chi connectivity index (χ0) is 23.9. The van der Waals surface area contributed by atoms with E-state index in [0.29, 0.717) is 5.91 Å². The number of unbranched alkanes of at least 4 members (excludes halogenated alkanes) is 2. The van der Waals surface area contributed by atoms with E-state index < -0.39 is 0 Å². The molecule has 1 amide bonds. The van der Waals surface area contributed by atoms with Gasteiger partial charge in [-0.25, -0.2) is 4.98 Å². The number of piperidine rings is 1. The Bertz CT molecular complexity index is 1090. The number of likely N-dealkylation sites (tertiary alicyclic amines) is 1. The second kappa shape index (κ2) is 12.0. The summed E-state index contributed by atoms with van der Waals surface area (Å²) in [5.41, 5.74) is 3.23. The number of para-hydroxylation sites is 2. The van der Waals surface area contributed by atoms with Crippen LogP contribution in [0.25, 0.3) is 16.7 Å². The van der Waals surface area contributed by atoms with Gasteiger partial charge in [0, 0.05) is 29.8 Å². The Morgan fingerprint density at radius 3 is 2.59 bits per heavy atom. The van der Waals surface area contributed by atoms with E-state index in [2.05, 4.69) is 80.5 Å². The van der Waals surface area contributed by atoms with E-state index in [1.54, 1.807) is 0 Å². The molecule has 0 unspecified atom stereocenters. The number of rotatable bonds is 10. The molecule has 0 spiro atoms. The third-order valence-electron chi connectivity index (χ3n) is 6.79. The first-order chi connectivity index (χ1) is 16.6. The number of nitrogens with zero attached hydrogens (tertiary/aromatic N) is 4. The first-order valence-corrected chi connectivity index (χ1v) is 13.6. The van der Waals surface area contributed by atoms with Gasteiger partial charge in [-0.3, -0.25) is 14.3 Å². The third-order valence-corrected chi connectivity index (χ3v) is 7.28. The number of halogens is 1. The zero-order valence-corrected chi connectivity index (χ0v) is 22.1. The highest BCUT2D eigenvalue weighted by Crippen LogP contribution is 2.26. The summed E-state index contributed by atoms with van der Waals surface area (Å²) < 4.78 is 3.32. The molecule has 6 heteroatoms. The lowest BCUT2D eigenvalue weighted by Crippen LogP contribution is -2.45. The van der Waals surface area contributed by atoms with E-state index in [9.17, 15) is 4.79 Å². The number of hydrogen-bond donors (Lipinski definition) is 0. The van der Waals surface area contributed by atoms with E-state index in [1.165, 1.54) is 0 Å². The van der Waals surface area contributed by atoms with Crippen molar-refractivity contribution >= 4 is 32.9 Å². The summed E-state index contributed by atoms with van der Waals surface area (Å²) in [4.78, 5) is 23.0. The molecule has 5 nitrogen and oxygen atoms in total. The monoisotopic (exact) mass is 524 g/mol. The number of carbonyl (C=O) groups excluding carboxylic acids is 1. The summed E-state index contributed by atoms with van der Waals surface area (Å²) in [5, 5.41) is 0. The van der Waals surface area contributed by atoms with Gasteiger partial charge in [0.2, 0.25) is 5.91 Å². The van der Waals surface area contributed by atoms with Crippen LogP contribution in [0.3, 0.4) is 0 Å². The molecular formula is C28H37BrN4O. The predicted octanol–water partition coefficient (Wildman–Crippen LogP) is 6.43. The second-order valence-electron chi connectivity index (χ2n) is 9.44. The van der Waals surface area contributed by atoms with Gasteiger partial charge in [-0.05, 0) is 62.6 Å². The fourth-order valence-electron chi connectivity index (χ4n) is 4.97. The molecule has 182 valence electrons. The molecule has 1 saturated heterocycles. The normalized spacial score (nSPS) is 16.7. The van der Waals surface area contributed by atoms with Gasteiger partial charge in [-0.2, -0.15) is 0 Å². The highest BCUT2D eigenvalue weighted by Gasteiger charge is 2.30. The predicted molar refractivity (Wildman–Crippen MR) is 143 cm³/mol. The molecule has 1 atom stereocenters. The lowest BCUT2D eigenvalue weighted by atomic mass is 9.96. The van der Waals surface area contributed by atoms with Crippen molar-refractivity contribution in [1.29, 1.82) is 0 Å². The molecule has 1 aromatic heterocycles. The van der Waals surface area contributed by atoms with Gasteiger partial charge in [0.1, 0.15) is 5.82 Å². The molecule has 34 heavy (non-hydrogen) atoms. The van der Waals surface area contributed by atoms with Gasteiger partial charge >= 0.3 is 0 Å². The molecule has 2 heterocycles. The highest BCUT2D eigenvalue weighted by molar-refractivity contribution is 9.10. The Labute approximate surface area is 212 Å². The Morgan fingerprint density at radius 2 is 1.85 bits per heavy atom. The standard InChI is InChI=1S/C28H37BrN4O/c1-3-5-17-32(18-6-4-2)28(34)22-11-10-16-31(20-22)21-27-30-25-14-7-8-15-26(25)33(27)24-13-9-12-23(29)19-24/h7-9,12-15,19,22H,3-6,10-11,16-18,20-21H2,1-2H3/t22-/m0/s1. The van der Waals surface area contributed by atoms with Crippen molar-refractivity contribution in [3.05, 3.63) is 58.8 Å². The molecular weight excluding hydrogens is 488 g/mol. The number of hydrogen-bond acceptors (Lipinski definition) is 3. The minimum absolute atomic E-state index is 0.0890. The van der Waals surface area contributed by atoms with Crippen molar-refractivity contribution in [3.8, 4) is 5.69 Å². The van der Waals surface area contributed by atoms with Crippen LogP contribution < -0.4 is 0 Å². The SMILES string of the molecule is CCCCN(CCCC)C(=O)[C@H]1CCCN(Cc2nc3ccccc3n2-c2cccc(Br)c2)C1. The number of benzene rings is 2. The average molecular weight is 526 g/mol. The summed E-state index contributed by atoms with van der Waals surface area (Å²) in [7, 11) is 0. The molecule has 1 fully saturated rings. The fourth-order valence-corrected chi connectivity index (χ4v) is 5.36. The maximum absolute atomic E-state index is 13.4. The number of fused-ring (bicyclic) bond motifs is 1. The number of imidazole rings is 1. The van der Waals surface area contributed by atoms with Crippen LogP contribution in [-0.2, 0) is 11.3 Å². The molecule has 4 rings (SSSR count). The van der Waals surface area contributed by atoms with Gasteiger partial charge in [0.25, 0.3) is 0 Å². The molecule has 0 N–H and O–H groups in total. The molecule has 0 bridgehead atoms. The molecule has 0 saturated carbocycles. The van der Waals surface area contributed by atoms with Crippen molar-refractivity contribution in [3.63, 3.8) is 0 Å². The Balaban J connectivity index is 1.54. The van der Waals surface area contributed by atoms with Crippen LogP contribution in [-0.4, -0.2) is 51.4 Å². The first kappa shape index (κ1) is 24.9. The smallest absolute Gasteiger partial charge is 0.226 e. The number of aromatic nitrogens is 2. The second-order valence-corrected chi connectivity index (χ2v) is 10.4. The van der Waals surface area contributed by atoms with Crippen LogP contribution in [0.4, 0.5) is 0 Å². The van der Waals surface area contributed by atoms with E-state index in [4.69, 9.17) is 4.98 Å². The molecule has 2 aromatic carbocycles. The van der Waals surface area contributed by atoms with E-state index in [-0.39, 0.29) is 5.92 Å². The van der Waals surface area contributed by atoms with E-state index in [1.807, 2.05) is 12.1 Å². The quantitative estimate of drug-likeness (QED) is 0.306. The highest BCUT2D eigenvalue weighted by atomic mass is 79.9. The average Bonchev–Trinajstić information content (AvgIpc) is 3.21. The van der Waals surface area contributed by atoms with Crippen molar-refractivity contribution in [2.45, 2.75) is 58.9 Å². The minimum atomic E-state index is 0.0890. The van der Waals surface area contributed by atoms with Gasteiger partial charge in [-0.15, -0.1) is 0 Å². The number of amides is 1. The lowest BCUT2D eigenvalue weighted by molar-refractivity contribution is -0.137. The van der Waals surface area contributed by atoms with Crippen LogP contribution in [0, 0.1) is 5.92 Å². The molecule has 3 aromatic rings. The van der Waals surface area contributed by atoms with Gasteiger partial charge in [0.15, 0.2) is 0 Å². The summed E-state index contributed by atoms with van der Waals surface area (Å²) in [6.45, 7) is 8.75. The Morgan fingerprint density at radius 1 is 1.09 bits per heavy atom. The van der Waals surface area contributed by atoms with Crippen LogP contribution in [0.1, 0.15) is 58.2 Å². The first-order valence-electron chi connectivity index (χ1n) is 12.8. The molecule has 0 radical (unpaired) electrons. The van der Waals surface area contributed by atoms with Gasteiger partial charge < -0.3 is 4.90 Å². The zero-order valence-electron chi connectivity index (χ0n) is 20.5. The van der Waals surface area contributed by atoms with Crippen molar-refractivity contribution in [2.24, 2.45) is 5.92 Å². The van der Waals surface area contributed by atoms with E-state index >= 15 is 0 Å². The lowest BCUT2D eigenvalue weighted by Gasteiger charge is -2.35. The molecule has 1 aliphatic heterocycles. The van der Waals surface area contributed by atoms with Crippen LogP contribution in [0.2, 0.25) is 0 Å². The third kappa shape index (κ3) is 5.89. The van der Waals surface area contributed by atoms with E-state index in [0.717, 1.165) is 98.3 Å². The maximum Gasteiger partial charge on any atom is 0.226 e. The fraction of sp³-hybridized carbons (Fsp3) is 0.500. The topological polar surface area (TPSA) is 41.4 Å². The van der Waals surface area contributed by atoms with Crippen molar-refractivity contribution in [1.82, 2.24) is 19.4 Å². The van der Waals surface area contributed by atoms with Crippen LogP contribution in [0.15, 0.2) is 53.0 Å².